The molecule has 0 bridgehead atoms. The highest BCUT2D eigenvalue weighted by Crippen LogP contribution is 2.24. The molecule has 12 heteroatoms. The second-order valence-electron chi connectivity index (χ2n) is 7.62. The van der Waals surface area contributed by atoms with Gasteiger partial charge in [-0.25, -0.2) is 16.8 Å². The number of piperidine rings is 1. The van der Waals surface area contributed by atoms with Crippen molar-refractivity contribution in [2.24, 2.45) is 0 Å². The highest BCUT2D eigenvalue weighted by molar-refractivity contribution is 7.89. The van der Waals surface area contributed by atoms with Crippen molar-refractivity contribution in [1.29, 1.82) is 0 Å². The normalized spacial score (nSPS) is 19.6. The summed E-state index contributed by atoms with van der Waals surface area (Å²) in [7, 11) is -7.43. The van der Waals surface area contributed by atoms with E-state index in [9.17, 15) is 21.6 Å². The van der Waals surface area contributed by atoms with Crippen LogP contribution >= 0.6 is 11.3 Å². The van der Waals surface area contributed by atoms with E-state index in [-0.39, 0.29) is 47.9 Å². The first kappa shape index (κ1) is 23.3. The van der Waals surface area contributed by atoms with Crippen LogP contribution in [0.25, 0.3) is 0 Å². The minimum absolute atomic E-state index is 0.0551. The molecule has 1 aromatic carbocycles. The Kier molecular flexibility index (Phi) is 6.98. The molecular weight excluding hydrogens is 474 g/mol. The molecule has 0 unspecified atom stereocenters. The summed E-state index contributed by atoms with van der Waals surface area (Å²) >= 11 is 1.36. The predicted molar refractivity (Wildman–Crippen MR) is 120 cm³/mol. The van der Waals surface area contributed by atoms with E-state index in [1.165, 1.54) is 44.2 Å². The van der Waals surface area contributed by atoms with Crippen molar-refractivity contribution >= 4 is 37.3 Å². The van der Waals surface area contributed by atoms with Gasteiger partial charge in [-0.1, -0.05) is 6.07 Å². The molecule has 0 spiro atoms. The Bertz CT molecular complexity index is 1130. The number of amides is 1. The van der Waals surface area contributed by atoms with E-state index < -0.39 is 20.0 Å². The van der Waals surface area contributed by atoms with E-state index in [4.69, 9.17) is 4.74 Å². The summed E-state index contributed by atoms with van der Waals surface area (Å²) < 4.78 is 59.5. The summed E-state index contributed by atoms with van der Waals surface area (Å²) in [4.78, 5) is 13.0. The zero-order valence-electron chi connectivity index (χ0n) is 17.3. The van der Waals surface area contributed by atoms with Gasteiger partial charge in [-0.05, 0) is 48.6 Å². The highest BCUT2D eigenvalue weighted by Gasteiger charge is 2.31. The average molecular weight is 500 g/mol. The van der Waals surface area contributed by atoms with Crippen LogP contribution in [0.3, 0.4) is 0 Å². The van der Waals surface area contributed by atoms with Crippen LogP contribution in [0.2, 0.25) is 0 Å². The van der Waals surface area contributed by atoms with Gasteiger partial charge < -0.3 is 10.1 Å². The lowest BCUT2D eigenvalue weighted by Gasteiger charge is -2.31. The minimum atomic E-state index is -3.75. The van der Waals surface area contributed by atoms with Crippen LogP contribution in [-0.2, 0) is 24.8 Å². The van der Waals surface area contributed by atoms with Crippen molar-refractivity contribution < 1.29 is 26.4 Å². The third kappa shape index (κ3) is 4.90. The van der Waals surface area contributed by atoms with Crippen molar-refractivity contribution in [3.05, 3.63) is 46.7 Å². The number of hydrogen-bond donors (Lipinski definition) is 1. The number of carbonyl (C=O) groups excluding carboxylic acids is 1. The van der Waals surface area contributed by atoms with E-state index in [0.717, 1.165) is 0 Å². The molecule has 2 fully saturated rings. The number of carbonyl (C=O) groups is 1. The van der Waals surface area contributed by atoms with Crippen molar-refractivity contribution in [2.45, 2.75) is 28.7 Å². The number of sulfonamides is 2. The first-order valence-electron chi connectivity index (χ1n) is 10.3. The van der Waals surface area contributed by atoms with E-state index in [1.807, 2.05) is 11.4 Å². The number of ether oxygens (including phenoxy) is 1. The van der Waals surface area contributed by atoms with E-state index >= 15 is 0 Å². The van der Waals surface area contributed by atoms with Crippen molar-refractivity contribution in [1.82, 2.24) is 13.9 Å². The fraction of sp³-hybridized carbons (Fsp3) is 0.450. The van der Waals surface area contributed by atoms with Gasteiger partial charge in [-0.2, -0.15) is 8.61 Å². The van der Waals surface area contributed by atoms with Gasteiger partial charge in [0.05, 0.1) is 27.9 Å². The van der Waals surface area contributed by atoms with Gasteiger partial charge in [0.15, 0.2) is 0 Å². The maximum Gasteiger partial charge on any atom is 0.261 e. The molecule has 0 saturated carbocycles. The largest absolute Gasteiger partial charge is 0.379 e. The summed E-state index contributed by atoms with van der Waals surface area (Å²) in [6, 6.07) is 8.84. The Morgan fingerprint density at radius 1 is 0.875 bits per heavy atom. The summed E-state index contributed by atoms with van der Waals surface area (Å²) in [5.74, 6) is -0.140. The smallest absolute Gasteiger partial charge is 0.261 e. The van der Waals surface area contributed by atoms with Crippen LogP contribution in [0.4, 0.5) is 0 Å². The summed E-state index contributed by atoms with van der Waals surface area (Å²) in [6.45, 7) is 1.81. The van der Waals surface area contributed by atoms with Gasteiger partial charge in [0.2, 0.25) is 20.0 Å². The van der Waals surface area contributed by atoms with Crippen LogP contribution in [0.1, 0.15) is 22.5 Å². The summed E-state index contributed by atoms with van der Waals surface area (Å²) in [5.41, 5.74) is 0. The van der Waals surface area contributed by atoms with Crippen molar-refractivity contribution in [3.63, 3.8) is 0 Å². The molecule has 9 nitrogen and oxygen atoms in total. The average Bonchev–Trinajstić information content (AvgIpc) is 3.35. The molecule has 3 heterocycles. The van der Waals surface area contributed by atoms with Gasteiger partial charge in [0, 0.05) is 32.2 Å². The molecule has 1 N–H and O–H groups in total. The van der Waals surface area contributed by atoms with Gasteiger partial charge in [0.1, 0.15) is 0 Å². The Morgan fingerprint density at radius 3 is 1.91 bits per heavy atom. The molecule has 0 atom stereocenters. The molecule has 1 amide bonds. The Balaban J connectivity index is 1.39. The lowest BCUT2D eigenvalue weighted by atomic mass is 10.1. The molecule has 4 rings (SSSR count). The molecule has 0 aliphatic carbocycles. The molecule has 2 saturated heterocycles. The molecule has 1 aromatic heterocycles. The van der Waals surface area contributed by atoms with Crippen molar-refractivity contribution in [3.8, 4) is 0 Å². The first-order valence-corrected chi connectivity index (χ1v) is 14.1. The third-order valence-electron chi connectivity index (χ3n) is 5.60. The molecule has 2 aliphatic heterocycles. The van der Waals surface area contributed by atoms with E-state index in [2.05, 4.69) is 5.32 Å². The lowest BCUT2D eigenvalue weighted by molar-refractivity contribution is 0.0730. The SMILES string of the molecule is O=C(NC1CCN(S(=O)(=O)c2ccc(S(=O)(=O)N3CCOCC3)cc2)CC1)c1cccs1. The number of rotatable bonds is 6. The van der Waals surface area contributed by atoms with Crippen LogP contribution < -0.4 is 5.32 Å². The quantitative estimate of drug-likeness (QED) is 0.642. The Morgan fingerprint density at radius 2 is 1.41 bits per heavy atom. The molecule has 0 radical (unpaired) electrons. The molecule has 2 aromatic rings. The van der Waals surface area contributed by atoms with E-state index in [1.54, 1.807) is 6.07 Å². The van der Waals surface area contributed by atoms with Gasteiger partial charge >= 0.3 is 0 Å². The second kappa shape index (κ2) is 9.57. The zero-order chi connectivity index (χ0) is 22.8. The molecular formula is C20H25N3O6S3. The monoisotopic (exact) mass is 499 g/mol. The highest BCUT2D eigenvalue weighted by atomic mass is 32.2. The minimum Gasteiger partial charge on any atom is -0.379 e. The lowest BCUT2D eigenvalue weighted by Crippen LogP contribution is -2.46. The summed E-state index contributed by atoms with van der Waals surface area (Å²) in [5, 5.41) is 4.79. The fourth-order valence-corrected chi connectivity index (χ4v) is 7.28. The van der Waals surface area contributed by atoms with Gasteiger partial charge in [-0.15, -0.1) is 11.3 Å². The van der Waals surface area contributed by atoms with Crippen LogP contribution in [-0.4, -0.2) is 76.8 Å². The van der Waals surface area contributed by atoms with Crippen LogP contribution in [0.5, 0.6) is 0 Å². The van der Waals surface area contributed by atoms with Crippen LogP contribution in [0, 0.1) is 0 Å². The number of hydrogen-bond acceptors (Lipinski definition) is 7. The second-order valence-corrected chi connectivity index (χ2v) is 12.4. The predicted octanol–water partition coefficient (Wildman–Crippen LogP) is 1.35. The Hall–Kier alpha value is -1.83. The van der Waals surface area contributed by atoms with Gasteiger partial charge in [-0.3, -0.25) is 4.79 Å². The first-order chi connectivity index (χ1) is 15.3. The fourth-order valence-electron chi connectivity index (χ4n) is 3.77. The van der Waals surface area contributed by atoms with Crippen molar-refractivity contribution in [2.75, 3.05) is 39.4 Å². The Labute approximate surface area is 192 Å². The number of morpholine rings is 1. The standard InChI is InChI=1S/C20H25N3O6S3/c24-20(19-2-1-15-30-19)21-16-7-9-22(10-8-16)31(25,26)17-3-5-18(6-4-17)32(27,28)23-11-13-29-14-12-23/h1-6,15-16H,7-14H2,(H,21,24). The molecule has 174 valence electrons. The third-order valence-corrected chi connectivity index (χ3v) is 10.3. The molecule has 32 heavy (non-hydrogen) atoms. The number of benzene rings is 1. The molecule has 2 aliphatic rings. The maximum atomic E-state index is 13.0. The van der Waals surface area contributed by atoms with E-state index in [0.29, 0.717) is 30.9 Å². The summed E-state index contributed by atoms with van der Waals surface area (Å²) in [6.07, 6.45) is 1.03. The van der Waals surface area contributed by atoms with Crippen LogP contribution in [0.15, 0.2) is 51.6 Å². The topological polar surface area (TPSA) is 113 Å². The van der Waals surface area contributed by atoms with Gasteiger partial charge in [0.25, 0.3) is 5.91 Å². The maximum absolute atomic E-state index is 13.0. The number of nitrogens with one attached hydrogen (secondary N) is 1. The number of thiophene rings is 1. The zero-order valence-corrected chi connectivity index (χ0v) is 19.8. The number of nitrogens with zero attached hydrogens (tertiary/aromatic N) is 2.